The van der Waals surface area contributed by atoms with E-state index in [2.05, 4.69) is 20.6 Å². The first-order chi connectivity index (χ1) is 12.9. The second-order valence-electron chi connectivity index (χ2n) is 6.53. The molecule has 1 aromatic carbocycles. The molecule has 0 radical (unpaired) electrons. The van der Waals surface area contributed by atoms with E-state index in [0.717, 1.165) is 10.9 Å². The summed E-state index contributed by atoms with van der Waals surface area (Å²) in [6, 6.07) is 10.7. The molecule has 0 aliphatic rings. The highest BCUT2D eigenvalue weighted by Gasteiger charge is 2.11. The number of hydrogen-bond donors (Lipinski definition) is 2. The first kappa shape index (κ1) is 18.5. The van der Waals surface area contributed by atoms with Crippen molar-refractivity contribution < 1.29 is 9.59 Å². The second-order valence-corrected chi connectivity index (χ2v) is 6.53. The number of aromatic nitrogens is 2. The molecule has 0 aliphatic carbocycles. The Morgan fingerprint density at radius 2 is 1.89 bits per heavy atom. The maximum absolute atomic E-state index is 12.5. The van der Waals surface area contributed by atoms with Crippen LogP contribution in [0, 0.1) is 6.92 Å². The Bertz CT molecular complexity index is 1000. The molecule has 2 N–H and O–H groups in total. The minimum atomic E-state index is -0.324. The number of nitrogens with zero attached hydrogens (tertiary/aromatic N) is 3. The molecule has 7 nitrogen and oxygen atoms in total. The zero-order valence-corrected chi connectivity index (χ0v) is 15.5. The average molecular weight is 363 g/mol. The molecule has 138 valence electrons. The third kappa shape index (κ3) is 4.65. The van der Waals surface area contributed by atoms with Crippen molar-refractivity contribution in [3.05, 3.63) is 60.0 Å². The van der Waals surface area contributed by atoms with Crippen molar-refractivity contribution in [2.75, 3.05) is 31.3 Å². The van der Waals surface area contributed by atoms with E-state index in [9.17, 15) is 9.59 Å². The van der Waals surface area contributed by atoms with Crippen LogP contribution in [-0.2, 0) is 4.79 Å². The van der Waals surface area contributed by atoms with Gasteiger partial charge in [-0.3, -0.25) is 14.6 Å². The minimum Gasteiger partial charge on any atom is -0.325 e. The van der Waals surface area contributed by atoms with Gasteiger partial charge >= 0.3 is 0 Å². The first-order valence-corrected chi connectivity index (χ1v) is 8.50. The van der Waals surface area contributed by atoms with Crippen LogP contribution in [0.3, 0.4) is 0 Å². The molecule has 0 saturated carbocycles. The van der Waals surface area contributed by atoms with Crippen LogP contribution < -0.4 is 10.6 Å². The van der Waals surface area contributed by atoms with Gasteiger partial charge in [-0.1, -0.05) is 12.1 Å². The van der Waals surface area contributed by atoms with Gasteiger partial charge in [-0.2, -0.15) is 0 Å². The van der Waals surface area contributed by atoms with Crippen LogP contribution >= 0.6 is 0 Å². The molecule has 0 bridgehead atoms. The Morgan fingerprint density at radius 1 is 1.07 bits per heavy atom. The fraction of sp³-hybridized carbons (Fsp3) is 0.200. The number of rotatable bonds is 5. The summed E-state index contributed by atoms with van der Waals surface area (Å²) >= 11 is 0. The number of fused-ring (bicyclic) bond motifs is 1. The van der Waals surface area contributed by atoms with E-state index in [4.69, 9.17) is 0 Å². The fourth-order valence-corrected chi connectivity index (χ4v) is 2.60. The number of amides is 2. The smallest absolute Gasteiger partial charge is 0.274 e. The summed E-state index contributed by atoms with van der Waals surface area (Å²) < 4.78 is 0. The van der Waals surface area contributed by atoms with E-state index in [0.29, 0.717) is 22.6 Å². The van der Waals surface area contributed by atoms with Gasteiger partial charge in [0.25, 0.3) is 5.91 Å². The molecule has 0 atom stereocenters. The lowest BCUT2D eigenvalue weighted by atomic mass is 10.1. The maximum Gasteiger partial charge on any atom is 0.274 e. The van der Waals surface area contributed by atoms with Crippen molar-refractivity contribution in [2.45, 2.75) is 6.92 Å². The van der Waals surface area contributed by atoms with Gasteiger partial charge in [0.05, 0.1) is 18.3 Å². The van der Waals surface area contributed by atoms with Crippen LogP contribution in [0.25, 0.3) is 10.9 Å². The topological polar surface area (TPSA) is 87.2 Å². The fourth-order valence-electron chi connectivity index (χ4n) is 2.60. The molecule has 2 heterocycles. The molecule has 0 aliphatic heterocycles. The summed E-state index contributed by atoms with van der Waals surface area (Å²) in [5.41, 5.74) is 3.11. The Hall–Kier alpha value is -3.32. The van der Waals surface area contributed by atoms with Crippen LogP contribution in [0.15, 0.2) is 48.8 Å². The zero-order valence-electron chi connectivity index (χ0n) is 15.5. The molecule has 0 unspecified atom stereocenters. The van der Waals surface area contributed by atoms with Gasteiger partial charge in [0, 0.05) is 23.0 Å². The Morgan fingerprint density at radius 3 is 2.67 bits per heavy atom. The Labute approximate surface area is 157 Å². The van der Waals surface area contributed by atoms with E-state index in [-0.39, 0.29) is 18.4 Å². The van der Waals surface area contributed by atoms with Crippen LogP contribution in [-0.4, -0.2) is 47.3 Å². The molecule has 2 aromatic heterocycles. The third-order valence-electron chi connectivity index (χ3n) is 3.96. The lowest BCUT2D eigenvalue weighted by Crippen LogP contribution is -2.27. The van der Waals surface area contributed by atoms with E-state index < -0.39 is 0 Å². The maximum atomic E-state index is 12.5. The van der Waals surface area contributed by atoms with Gasteiger partial charge in [0.1, 0.15) is 5.69 Å². The predicted molar refractivity (Wildman–Crippen MR) is 106 cm³/mol. The molecule has 27 heavy (non-hydrogen) atoms. The largest absolute Gasteiger partial charge is 0.325 e. The molecular weight excluding hydrogens is 342 g/mol. The summed E-state index contributed by atoms with van der Waals surface area (Å²) in [6.45, 7) is 2.18. The number of benzene rings is 1. The van der Waals surface area contributed by atoms with Gasteiger partial charge < -0.3 is 15.5 Å². The molecule has 3 aromatic rings. The van der Waals surface area contributed by atoms with Crippen LogP contribution in [0.1, 0.15) is 16.1 Å². The van der Waals surface area contributed by atoms with E-state index in [1.54, 1.807) is 35.5 Å². The molecule has 7 heteroatoms. The van der Waals surface area contributed by atoms with E-state index in [1.165, 1.54) is 0 Å². The van der Waals surface area contributed by atoms with Gasteiger partial charge in [-0.25, -0.2) is 4.98 Å². The highest BCUT2D eigenvalue weighted by molar-refractivity contribution is 6.04. The average Bonchev–Trinajstić information content (AvgIpc) is 2.63. The first-order valence-electron chi connectivity index (χ1n) is 8.50. The lowest BCUT2D eigenvalue weighted by Gasteiger charge is -2.13. The SMILES string of the molecule is Cc1ccc(NC(=O)c2ccc3ccncc3n2)cc1NC(=O)CN(C)C. The summed E-state index contributed by atoms with van der Waals surface area (Å²) in [5, 5.41) is 6.60. The molecule has 3 rings (SSSR count). The summed E-state index contributed by atoms with van der Waals surface area (Å²) in [5.74, 6) is -0.439. The third-order valence-corrected chi connectivity index (χ3v) is 3.96. The van der Waals surface area contributed by atoms with Crippen molar-refractivity contribution in [1.29, 1.82) is 0 Å². The number of nitrogens with one attached hydrogen (secondary N) is 2. The van der Waals surface area contributed by atoms with Gasteiger partial charge in [0.15, 0.2) is 0 Å². The van der Waals surface area contributed by atoms with Crippen molar-refractivity contribution in [2.24, 2.45) is 0 Å². The predicted octanol–water partition coefficient (Wildman–Crippen LogP) is 2.69. The molecule has 2 amide bonds. The number of likely N-dealkylation sites (N-methyl/N-ethyl adjacent to an activating group) is 1. The number of anilines is 2. The van der Waals surface area contributed by atoms with Crippen LogP contribution in [0.5, 0.6) is 0 Å². The number of carbonyl (C=O) groups excluding carboxylic acids is 2. The van der Waals surface area contributed by atoms with Gasteiger partial charge in [-0.15, -0.1) is 0 Å². The van der Waals surface area contributed by atoms with E-state index in [1.807, 2.05) is 39.2 Å². The molecule has 0 spiro atoms. The standard InChI is InChI=1S/C20H21N5O2/c1-13-4-6-15(10-17(13)24-19(26)12-25(2)3)22-20(27)16-7-5-14-8-9-21-11-18(14)23-16/h4-11H,12H2,1-3H3,(H,22,27)(H,24,26). The second kappa shape index (κ2) is 7.92. The molecular formula is C20H21N5O2. The number of aryl methyl sites for hydroxylation is 1. The monoisotopic (exact) mass is 363 g/mol. The highest BCUT2D eigenvalue weighted by atomic mass is 16.2. The molecule has 0 fully saturated rings. The van der Waals surface area contributed by atoms with Gasteiger partial charge in [-0.05, 0) is 50.8 Å². The molecule has 0 saturated heterocycles. The number of hydrogen-bond acceptors (Lipinski definition) is 5. The minimum absolute atomic E-state index is 0.115. The Kier molecular flexibility index (Phi) is 5.42. The normalized spacial score (nSPS) is 10.8. The van der Waals surface area contributed by atoms with E-state index >= 15 is 0 Å². The summed E-state index contributed by atoms with van der Waals surface area (Å²) in [6.07, 6.45) is 3.30. The van der Waals surface area contributed by atoms with Crippen molar-refractivity contribution in [3.8, 4) is 0 Å². The lowest BCUT2D eigenvalue weighted by molar-refractivity contribution is -0.116. The van der Waals surface area contributed by atoms with Gasteiger partial charge in [0.2, 0.25) is 5.91 Å². The summed E-state index contributed by atoms with van der Waals surface area (Å²) in [7, 11) is 3.66. The summed E-state index contributed by atoms with van der Waals surface area (Å²) in [4.78, 5) is 34.7. The van der Waals surface area contributed by atoms with Crippen LogP contribution in [0.2, 0.25) is 0 Å². The number of carbonyl (C=O) groups is 2. The van der Waals surface area contributed by atoms with Crippen molar-refractivity contribution in [1.82, 2.24) is 14.9 Å². The quantitative estimate of drug-likeness (QED) is 0.728. The highest BCUT2D eigenvalue weighted by Crippen LogP contribution is 2.21. The number of pyridine rings is 2. The van der Waals surface area contributed by atoms with Crippen molar-refractivity contribution >= 4 is 34.1 Å². The van der Waals surface area contributed by atoms with Crippen molar-refractivity contribution in [3.63, 3.8) is 0 Å². The van der Waals surface area contributed by atoms with Crippen LogP contribution in [0.4, 0.5) is 11.4 Å². The Balaban J connectivity index is 1.77. The zero-order chi connectivity index (χ0) is 19.4.